The molecule has 0 bridgehead atoms. The van der Waals surface area contributed by atoms with Crippen molar-refractivity contribution < 1.29 is 27.5 Å². The number of benzene rings is 1. The molecule has 0 saturated carbocycles. The summed E-state index contributed by atoms with van der Waals surface area (Å²) in [5, 5.41) is 0. The summed E-state index contributed by atoms with van der Waals surface area (Å²) in [5.41, 5.74) is 1.59. The maximum Gasteiger partial charge on any atom is 0.343 e. The van der Waals surface area contributed by atoms with Crippen LogP contribution in [0.1, 0.15) is 58.8 Å². The van der Waals surface area contributed by atoms with E-state index in [0.717, 1.165) is 0 Å². The van der Waals surface area contributed by atoms with Crippen LogP contribution in [0.3, 0.4) is 0 Å². The van der Waals surface area contributed by atoms with E-state index in [1.54, 1.807) is 19.9 Å². The molecule has 0 fully saturated rings. The monoisotopic (exact) mass is 442 g/mol. The van der Waals surface area contributed by atoms with Gasteiger partial charge in [-0.2, -0.15) is 0 Å². The zero-order valence-corrected chi connectivity index (χ0v) is 18.1. The highest BCUT2D eigenvalue weighted by Crippen LogP contribution is 2.40. The van der Waals surface area contributed by atoms with Crippen LogP contribution in [0.2, 0.25) is 0 Å². The summed E-state index contributed by atoms with van der Waals surface area (Å²) in [5.74, 6) is -0.442. The molecule has 1 aromatic heterocycles. The minimum absolute atomic E-state index is 0.0728. The second-order valence-corrected chi connectivity index (χ2v) is 9.72. The molecule has 31 heavy (non-hydrogen) atoms. The molecule has 0 saturated heterocycles. The maximum absolute atomic E-state index is 12.9. The largest absolute Gasteiger partial charge is 0.455 e. The average molecular weight is 442 g/mol. The van der Waals surface area contributed by atoms with Gasteiger partial charge in [-0.05, 0) is 43.5 Å². The van der Waals surface area contributed by atoms with Crippen molar-refractivity contribution >= 4 is 21.6 Å². The van der Waals surface area contributed by atoms with E-state index in [9.17, 15) is 18.0 Å². The van der Waals surface area contributed by atoms with E-state index in [1.807, 2.05) is 0 Å². The summed E-state index contributed by atoms with van der Waals surface area (Å²) in [6.07, 6.45) is 5.59. The van der Waals surface area contributed by atoms with Gasteiger partial charge in [-0.1, -0.05) is 0 Å². The Bertz CT molecular complexity index is 1190. The third-order valence-electron chi connectivity index (χ3n) is 5.46. The van der Waals surface area contributed by atoms with Gasteiger partial charge in [0.15, 0.2) is 15.6 Å². The Morgan fingerprint density at radius 3 is 2.61 bits per heavy atom. The van der Waals surface area contributed by atoms with Crippen LogP contribution >= 0.6 is 0 Å². The number of carbonyl (C=O) groups excluding carboxylic acids is 2. The molecule has 2 aromatic rings. The molecule has 1 aromatic carbocycles. The molecular formula is C22H22N2O6S. The number of sulfone groups is 1. The second-order valence-electron chi connectivity index (χ2n) is 7.67. The summed E-state index contributed by atoms with van der Waals surface area (Å²) < 4.78 is 37.0. The minimum Gasteiger partial charge on any atom is -0.455 e. The van der Waals surface area contributed by atoms with Gasteiger partial charge in [-0.15, -0.1) is 0 Å². The van der Waals surface area contributed by atoms with E-state index in [2.05, 4.69) is 9.97 Å². The first kappa shape index (κ1) is 21.2. The minimum atomic E-state index is -3.53. The maximum atomic E-state index is 12.9. The van der Waals surface area contributed by atoms with Crippen LogP contribution in [0.15, 0.2) is 41.3 Å². The van der Waals surface area contributed by atoms with Crippen molar-refractivity contribution in [2.45, 2.75) is 50.5 Å². The molecule has 0 radical (unpaired) electrons. The second kappa shape index (κ2) is 8.22. The van der Waals surface area contributed by atoms with E-state index in [1.165, 1.54) is 24.5 Å². The standard InChI is InChI=1S/C22H22N2O6S/c1-13-11-17(21(26)29-16-6-3-5-15(25)12-16)14(2)19-18(7-10-31(27,28)20(13)19)30-22-23-8-4-9-24-22/h4,8-9,11-12,18H,3,5-7,10H2,1-2H3. The zero-order valence-electron chi connectivity index (χ0n) is 17.3. The number of esters is 1. The lowest BCUT2D eigenvalue weighted by Crippen LogP contribution is -2.27. The molecule has 8 nitrogen and oxygen atoms in total. The van der Waals surface area contributed by atoms with Crippen LogP contribution in [0.5, 0.6) is 6.01 Å². The molecule has 1 aliphatic heterocycles. The van der Waals surface area contributed by atoms with Gasteiger partial charge in [0.1, 0.15) is 11.9 Å². The number of hydrogen-bond donors (Lipinski definition) is 0. The molecular weight excluding hydrogens is 420 g/mol. The van der Waals surface area contributed by atoms with Crippen molar-refractivity contribution in [3.05, 3.63) is 58.6 Å². The number of fused-ring (bicyclic) bond motifs is 1. The smallest absolute Gasteiger partial charge is 0.343 e. The number of aryl methyl sites for hydroxylation is 1. The van der Waals surface area contributed by atoms with Gasteiger partial charge < -0.3 is 9.47 Å². The van der Waals surface area contributed by atoms with Gasteiger partial charge in [-0.3, -0.25) is 4.79 Å². The van der Waals surface area contributed by atoms with Gasteiger partial charge in [0.25, 0.3) is 0 Å². The molecule has 1 aliphatic carbocycles. The highest BCUT2D eigenvalue weighted by atomic mass is 32.2. The number of hydrogen-bond acceptors (Lipinski definition) is 8. The van der Waals surface area contributed by atoms with Crippen molar-refractivity contribution in [1.82, 2.24) is 9.97 Å². The molecule has 1 atom stereocenters. The molecule has 4 rings (SSSR count). The quantitative estimate of drug-likeness (QED) is 0.664. The summed E-state index contributed by atoms with van der Waals surface area (Å²) >= 11 is 0. The first-order valence-electron chi connectivity index (χ1n) is 10.0. The number of nitrogens with zero attached hydrogens (tertiary/aromatic N) is 2. The highest BCUT2D eigenvalue weighted by Gasteiger charge is 2.37. The van der Waals surface area contributed by atoms with Crippen LogP contribution in [-0.2, 0) is 19.4 Å². The SMILES string of the molecule is Cc1cc(C(=O)OC2=CC(=O)CCC2)c(C)c2c1S(=O)(=O)CCC2Oc1ncccn1. The lowest BCUT2D eigenvalue weighted by molar-refractivity contribution is -0.115. The summed E-state index contributed by atoms with van der Waals surface area (Å²) in [7, 11) is -3.53. The van der Waals surface area contributed by atoms with Gasteiger partial charge in [-0.25, -0.2) is 23.2 Å². The summed E-state index contributed by atoms with van der Waals surface area (Å²) in [6.45, 7) is 3.33. The third-order valence-corrected chi connectivity index (χ3v) is 7.39. The normalized spacial score (nSPS) is 19.9. The molecule has 0 N–H and O–H groups in total. The van der Waals surface area contributed by atoms with E-state index in [-0.39, 0.29) is 34.4 Å². The Morgan fingerprint density at radius 2 is 1.90 bits per heavy atom. The fourth-order valence-corrected chi connectivity index (χ4v) is 5.94. The number of rotatable bonds is 4. The lowest BCUT2D eigenvalue weighted by atomic mass is 9.93. The van der Waals surface area contributed by atoms with Crippen LogP contribution in [0.25, 0.3) is 0 Å². The van der Waals surface area contributed by atoms with Gasteiger partial charge in [0.05, 0.1) is 16.2 Å². The number of allylic oxidation sites excluding steroid dienone is 2. The number of aromatic nitrogens is 2. The van der Waals surface area contributed by atoms with Crippen molar-refractivity contribution in [1.29, 1.82) is 0 Å². The van der Waals surface area contributed by atoms with Crippen LogP contribution in [-0.4, -0.2) is 35.9 Å². The fraction of sp³-hybridized carbons (Fsp3) is 0.364. The third kappa shape index (κ3) is 4.23. The topological polar surface area (TPSA) is 113 Å². The highest BCUT2D eigenvalue weighted by molar-refractivity contribution is 7.91. The van der Waals surface area contributed by atoms with E-state index in [4.69, 9.17) is 9.47 Å². The molecule has 2 heterocycles. The van der Waals surface area contributed by atoms with Gasteiger partial charge in [0, 0.05) is 43.3 Å². The molecule has 1 unspecified atom stereocenters. The Balaban J connectivity index is 1.76. The van der Waals surface area contributed by atoms with Crippen molar-refractivity contribution in [2.24, 2.45) is 0 Å². The number of ether oxygens (including phenoxy) is 2. The van der Waals surface area contributed by atoms with Crippen molar-refractivity contribution in [3.8, 4) is 6.01 Å². The number of carbonyl (C=O) groups is 2. The zero-order chi connectivity index (χ0) is 22.2. The predicted molar refractivity (Wildman–Crippen MR) is 110 cm³/mol. The Hall–Kier alpha value is -3.07. The van der Waals surface area contributed by atoms with Gasteiger partial charge >= 0.3 is 12.0 Å². The first-order valence-corrected chi connectivity index (χ1v) is 11.7. The first-order chi connectivity index (χ1) is 14.8. The summed E-state index contributed by atoms with van der Waals surface area (Å²) in [6, 6.07) is 3.31. The molecule has 162 valence electrons. The van der Waals surface area contributed by atoms with Crippen molar-refractivity contribution in [2.75, 3.05) is 5.75 Å². The molecule has 2 aliphatic rings. The van der Waals surface area contributed by atoms with Crippen molar-refractivity contribution in [3.63, 3.8) is 0 Å². The average Bonchev–Trinajstić information content (AvgIpc) is 2.72. The molecule has 9 heteroatoms. The Labute approximate surface area is 180 Å². The molecule has 0 spiro atoms. The molecule has 0 amide bonds. The summed E-state index contributed by atoms with van der Waals surface area (Å²) in [4.78, 5) is 32.9. The van der Waals surface area contributed by atoms with Gasteiger partial charge in [0.2, 0.25) is 0 Å². The van der Waals surface area contributed by atoms with Crippen LogP contribution in [0.4, 0.5) is 0 Å². The number of ketones is 1. The lowest BCUT2D eigenvalue weighted by Gasteiger charge is -2.29. The Morgan fingerprint density at radius 1 is 1.16 bits per heavy atom. The van der Waals surface area contributed by atoms with Crippen LogP contribution < -0.4 is 4.74 Å². The predicted octanol–water partition coefficient (Wildman–Crippen LogP) is 3.18. The Kier molecular flexibility index (Phi) is 5.62. The van der Waals surface area contributed by atoms with E-state index >= 15 is 0 Å². The van der Waals surface area contributed by atoms with Crippen LogP contribution in [0, 0.1) is 13.8 Å². The fourth-order valence-electron chi connectivity index (χ4n) is 4.05. The van der Waals surface area contributed by atoms with E-state index in [0.29, 0.717) is 41.7 Å². The van der Waals surface area contributed by atoms with E-state index < -0.39 is 21.9 Å².